The molecule has 0 saturated heterocycles. The van der Waals surface area contributed by atoms with Gasteiger partial charge in [0, 0.05) is 33.9 Å². The lowest BCUT2D eigenvalue weighted by Gasteiger charge is -2.51. The van der Waals surface area contributed by atoms with Crippen molar-refractivity contribution < 1.29 is 0 Å². The molecule has 5 aromatic rings. The van der Waals surface area contributed by atoms with Crippen LogP contribution < -0.4 is 26.2 Å². The maximum atomic E-state index is 2.79. The van der Waals surface area contributed by atoms with Crippen molar-refractivity contribution in [2.45, 2.75) is 50.5 Å². The van der Waals surface area contributed by atoms with Gasteiger partial charge in [-0.1, -0.05) is 98.0 Å². The molecular formula is C38H33BN2. The van der Waals surface area contributed by atoms with Crippen molar-refractivity contribution in [2.24, 2.45) is 0 Å². The SMILES string of the molecule is CC12CCCCC1(C)N1c3ccccc3B3c4ccc(N(c5ccccc5)c5ccccc5)cc4-c4ccc2c1c43. The van der Waals surface area contributed by atoms with Gasteiger partial charge in [0.1, 0.15) is 0 Å². The summed E-state index contributed by atoms with van der Waals surface area (Å²) in [6, 6.07) is 42.9. The largest absolute Gasteiger partial charge is 0.335 e. The minimum absolute atomic E-state index is 0.0983. The number of fused-ring (bicyclic) bond motifs is 9. The van der Waals surface area contributed by atoms with Gasteiger partial charge in [0.2, 0.25) is 6.71 Å². The van der Waals surface area contributed by atoms with E-state index in [1.54, 1.807) is 5.56 Å². The molecule has 0 spiro atoms. The standard InChI is InChI=1S/C38H33BN2/c1-37-23-11-12-24-38(37,2)41-34-18-10-9-17-33(34)39-32-22-19-28(25-30(32)29-20-21-31(37)36(41)35(29)39)40(26-13-5-3-6-14-26)27-15-7-4-8-16-27/h3-10,13-22,25H,11-12,23-24H2,1-2H3. The van der Waals surface area contributed by atoms with Gasteiger partial charge in [-0.25, -0.2) is 0 Å². The third-order valence-corrected chi connectivity index (χ3v) is 11.0. The normalized spacial score (nSPS) is 22.6. The highest BCUT2D eigenvalue weighted by Crippen LogP contribution is 2.61. The van der Waals surface area contributed by atoms with Gasteiger partial charge in [-0.2, -0.15) is 0 Å². The molecule has 2 unspecified atom stereocenters. The Morgan fingerprint density at radius 1 is 0.634 bits per heavy atom. The van der Waals surface area contributed by atoms with Crippen molar-refractivity contribution >= 4 is 51.5 Å². The molecule has 4 aliphatic rings. The highest BCUT2D eigenvalue weighted by atomic mass is 15.3. The first-order valence-corrected chi connectivity index (χ1v) is 15.2. The molecule has 0 radical (unpaired) electrons. The zero-order chi connectivity index (χ0) is 27.3. The topological polar surface area (TPSA) is 6.48 Å². The molecule has 9 rings (SSSR count). The van der Waals surface area contributed by atoms with Gasteiger partial charge in [0.15, 0.2) is 0 Å². The highest BCUT2D eigenvalue weighted by molar-refractivity contribution is 7.01. The molecule has 198 valence electrons. The van der Waals surface area contributed by atoms with E-state index in [1.165, 1.54) is 81.6 Å². The van der Waals surface area contributed by atoms with Crippen LogP contribution in [0.4, 0.5) is 28.4 Å². The second-order valence-corrected chi connectivity index (χ2v) is 12.8. The number of benzene rings is 5. The van der Waals surface area contributed by atoms with Crippen LogP contribution >= 0.6 is 0 Å². The van der Waals surface area contributed by atoms with E-state index in [4.69, 9.17) is 0 Å². The van der Waals surface area contributed by atoms with E-state index in [1.807, 2.05) is 0 Å². The molecule has 5 aromatic carbocycles. The number of hydrogen-bond donors (Lipinski definition) is 0. The summed E-state index contributed by atoms with van der Waals surface area (Å²) in [6.07, 6.45) is 5.13. The molecule has 1 aliphatic carbocycles. The minimum Gasteiger partial charge on any atom is -0.335 e. The number of nitrogens with zero attached hydrogens (tertiary/aromatic N) is 2. The van der Waals surface area contributed by atoms with Crippen molar-refractivity contribution in [3.8, 4) is 11.1 Å². The van der Waals surface area contributed by atoms with Gasteiger partial charge < -0.3 is 9.80 Å². The predicted octanol–water partition coefficient (Wildman–Crippen LogP) is 7.71. The summed E-state index contributed by atoms with van der Waals surface area (Å²) in [5, 5.41) is 0. The monoisotopic (exact) mass is 528 g/mol. The lowest BCUT2D eigenvalue weighted by atomic mass is 9.37. The molecule has 2 atom stereocenters. The Kier molecular flexibility index (Phi) is 4.67. The molecule has 0 N–H and O–H groups in total. The summed E-state index contributed by atoms with van der Waals surface area (Å²) in [5.41, 5.74) is 15.5. The molecule has 2 nitrogen and oxygen atoms in total. The summed E-state index contributed by atoms with van der Waals surface area (Å²) >= 11 is 0. The van der Waals surface area contributed by atoms with E-state index in [9.17, 15) is 0 Å². The average molecular weight is 529 g/mol. The first-order valence-electron chi connectivity index (χ1n) is 15.2. The molecule has 3 heteroatoms. The van der Waals surface area contributed by atoms with Crippen molar-refractivity contribution in [3.63, 3.8) is 0 Å². The van der Waals surface area contributed by atoms with Gasteiger partial charge in [0.25, 0.3) is 0 Å². The number of rotatable bonds is 3. The zero-order valence-electron chi connectivity index (χ0n) is 23.8. The quantitative estimate of drug-likeness (QED) is 0.217. The lowest BCUT2D eigenvalue weighted by molar-refractivity contribution is 0.195. The highest BCUT2D eigenvalue weighted by Gasteiger charge is 2.61. The Hall–Kier alpha value is -4.24. The van der Waals surface area contributed by atoms with Crippen molar-refractivity contribution in [2.75, 3.05) is 9.80 Å². The Bertz CT molecular complexity index is 1810. The molecule has 1 fully saturated rings. The first-order chi connectivity index (χ1) is 20.1. The third kappa shape index (κ3) is 2.89. The van der Waals surface area contributed by atoms with Gasteiger partial charge in [0.05, 0.1) is 5.54 Å². The second-order valence-electron chi connectivity index (χ2n) is 12.8. The fourth-order valence-electron chi connectivity index (χ4n) is 8.91. The van der Waals surface area contributed by atoms with Crippen LogP contribution in [0, 0.1) is 0 Å². The van der Waals surface area contributed by atoms with Crippen LogP contribution in [0.15, 0.2) is 115 Å². The fourth-order valence-corrected chi connectivity index (χ4v) is 8.91. The van der Waals surface area contributed by atoms with Crippen LogP contribution in [0.5, 0.6) is 0 Å². The molecule has 0 bridgehead atoms. The van der Waals surface area contributed by atoms with Gasteiger partial charge in [-0.15, -0.1) is 0 Å². The van der Waals surface area contributed by atoms with Crippen LogP contribution in [-0.2, 0) is 5.41 Å². The summed E-state index contributed by atoms with van der Waals surface area (Å²) in [6.45, 7) is 5.39. The van der Waals surface area contributed by atoms with Crippen molar-refractivity contribution in [1.29, 1.82) is 0 Å². The van der Waals surface area contributed by atoms with Gasteiger partial charge in [-0.3, -0.25) is 0 Å². The summed E-state index contributed by atoms with van der Waals surface area (Å²) < 4.78 is 0. The van der Waals surface area contributed by atoms with E-state index in [0.29, 0.717) is 0 Å². The van der Waals surface area contributed by atoms with E-state index in [2.05, 4.69) is 139 Å². The summed E-state index contributed by atoms with van der Waals surface area (Å²) in [4.78, 5) is 5.18. The van der Waals surface area contributed by atoms with Crippen molar-refractivity contribution in [1.82, 2.24) is 0 Å². The molecule has 41 heavy (non-hydrogen) atoms. The summed E-state index contributed by atoms with van der Waals surface area (Å²) in [7, 11) is 0. The van der Waals surface area contributed by atoms with Crippen LogP contribution in [0.25, 0.3) is 11.1 Å². The smallest absolute Gasteiger partial charge is 0.248 e. The van der Waals surface area contributed by atoms with Gasteiger partial charge >= 0.3 is 0 Å². The molecule has 3 heterocycles. The average Bonchev–Trinajstić information content (AvgIpc) is 3.45. The maximum Gasteiger partial charge on any atom is 0.248 e. The first kappa shape index (κ1) is 23.5. The Balaban J connectivity index is 1.30. The van der Waals surface area contributed by atoms with E-state index < -0.39 is 0 Å². The second kappa shape index (κ2) is 8.16. The van der Waals surface area contributed by atoms with E-state index >= 15 is 0 Å². The van der Waals surface area contributed by atoms with Crippen molar-refractivity contribution in [3.05, 3.63) is 121 Å². The number of hydrogen-bond acceptors (Lipinski definition) is 2. The predicted molar refractivity (Wildman–Crippen MR) is 174 cm³/mol. The minimum atomic E-state index is 0.0983. The maximum absolute atomic E-state index is 2.79. The lowest BCUT2D eigenvalue weighted by Crippen LogP contribution is -2.60. The van der Waals surface area contributed by atoms with Crippen LogP contribution in [0.1, 0.15) is 45.1 Å². The summed E-state index contributed by atoms with van der Waals surface area (Å²) in [5.74, 6) is 0. The fraction of sp³-hybridized carbons (Fsp3) is 0.211. The third-order valence-electron chi connectivity index (χ3n) is 11.0. The number of para-hydroxylation sites is 3. The Morgan fingerprint density at radius 3 is 2.07 bits per heavy atom. The Labute approximate surface area is 243 Å². The molecule has 0 aromatic heterocycles. The zero-order valence-corrected chi connectivity index (χ0v) is 23.8. The van der Waals surface area contributed by atoms with Gasteiger partial charge in [-0.05, 0) is 89.8 Å². The van der Waals surface area contributed by atoms with E-state index in [0.717, 1.165) is 0 Å². The molecule has 3 aliphatic heterocycles. The molecular weight excluding hydrogens is 495 g/mol. The van der Waals surface area contributed by atoms with Crippen LogP contribution in [-0.4, -0.2) is 12.3 Å². The molecule has 1 saturated carbocycles. The van der Waals surface area contributed by atoms with E-state index in [-0.39, 0.29) is 17.7 Å². The van der Waals surface area contributed by atoms with Crippen LogP contribution in [0.3, 0.4) is 0 Å². The number of anilines is 5. The van der Waals surface area contributed by atoms with Crippen LogP contribution in [0.2, 0.25) is 0 Å². The molecule has 0 amide bonds. The Morgan fingerprint density at radius 2 is 1.32 bits per heavy atom.